The van der Waals surface area contributed by atoms with Crippen LogP contribution in [0.4, 0.5) is 4.20 Å². The van der Waals surface area contributed by atoms with Gasteiger partial charge in [0, 0.05) is 0 Å². The average molecular weight is 239 g/mol. The fourth-order valence-corrected chi connectivity index (χ4v) is 0.975. The van der Waals surface area contributed by atoms with Gasteiger partial charge in [-0.15, -0.1) is 4.20 Å². The molecule has 5 nitrogen and oxygen atoms in total. The van der Waals surface area contributed by atoms with E-state index in [1.807, 2.05) is 7.05 Å². The molecule has 0 unspecified atom stereocenters. The van der Waals surface area contributed by atoms with E-state index in [1.165, 1.54) is 12.8 Å². The van der Waals surface area contributed by atoms with E-state index in [0.29, 0.717) is 0 Å². The monoisotopic (exact) mass is 239 g/mol. The quantitative estimate of drug-likeness (QED) is 0.614. The van der Waals surface area contributed by atoms with Crippen LogP contribution in [-0.4, -0.2) is 14.4 Å². The highest BCUT2D eigenvalue weighted by Crippen LogP contribution is 2.34. The molecule has 0 spiro atoms. The van der Waals surface area contributed by atoms with E-state index in [4.69, 9.17) is 14.4 Å². The third-order valence-corrected chi connectivity index (χ3v) is 1.59. The van der Waals surface area contributed by atoms with Gasteiger partial charge in [-0.2, -0.15) is 0 Å². The van der Waals surface area contributed by atoms with Gasteiger partial charge in [-0.05, 0) is 6.42 Å². The molecule has 88 valence electrons. The maximum Gasteiger partial charge on any atom is 0.507 e. The Hall–Kier alpha value is -0.710. The van der Waals surface area contributed by atoms with Crippen LogP contribution in [0, 0.1) is 0 Å². The van der Waals surface area contributed by atoms with Crippen LogP contribution in [0.2, 0.25) is 0 Å². The molecular weight excluding hydrogens is 222 g/mol. The first kappa shape index (κ1) is 14.3. The Labute approximate surface area is 88.4 Å². The van der Waals surface area contributed by atoms with Crippen molar-refractivity contribution in [1.82, 2.24) is 4.57 Å². The Morgan fingerprint density at radius 3 is 2.40 bits per heavy atom. The lowest BCUT2D eigenvalue weighted by Crippen LogP contribution is -2.23. The van der Waals surface area contributed by atoms with E-state index in [1.54, 1.807) is 0 Å². The van der Waals surface area contributed by atoms with E-state index in [0.717, 1.165) is 6.54 Å². The molecule has 0 aliphatic rings. The van der Waals surface area contributed by atoms with Crippen LogP contribution in [0.3, 0.4) is 0 Å². The Bertz CT molecular complexity index is 315. The zero-order valence-electron chi connectivity index (χ0n) is 8.88. The number of imidazole rings is 1. The highest BCUT2D eigenvalue weighted by Gasteiger charge is 2.04. The van der Waals surface area contributed by atoms with Gasteiger partial charge in [0.2, 0.25) is 6.33 Å². The van der Waals surface area contributed by atoms with Crippen molar-refractivity contribution in [3.8, 4) is 0 Å². The Morgan fingerprint density at radius 2 is 2.07 bits per heavy atom. The van der Waals surface area contributed by atoms with Crippen molar-refractivity contribution >= 4 is 7.91 Å². The summed E-state index contributed by atoms with van der Waals surface area (Å²) < 4.78 is 23.3. The van der Waals surface area contributed by atoms with Crippen LogP contribution in [-0.2, 0) is 18.2 Å². The molecule has 1 aromatic rings. The molecule has 0 saturated carbocycles. The molecule has 1 aromatic heterocycles. The van der Waals surface area contributed by atoms with Crippen LogP contribution in [0.15, 0.2) is 18.7 Å². The maximum absolute atomic E-state index is 10.4. The van der Waals surface area contributed by atoms with Crippen LogP contribution in [0.5, 0.6) is 0 Å². The molecule has 0 bridgehead atoms. The largest absolute Gasteiger partial charge is 0.507 e. The molecule has 0 saturated heterocycles. The first-order valence-corrected chi connectivity index (χ1v) is 6.09. The summed E-state index contributed by atoms with van der Waals surface area (Å²) in [7, 11) is -3.09. The summed E-state index contributed by atoms with van der Waals surface area (Å²) >= 11 is 0. The molecule has 0 atom stereocenters. The minimum absolute atomic E-state index is 1.15. The van der Waals surface area contributed by atoms with Crippen molar-refractivity contribution in [3.05, 3.63) is 18.7 Å². The van der Waals surface area contributed by atoms with Gasteiger partial charge in [0.05, 0.1) is 13.6 Å². The Morgan fingerprint density at radius 1 is 1.53 bits per heavy atom. The van der Waals surface area contributed by atoms with Gasteiger partial charge in [-0.1, -0.05) is 13.3 Å². The number of hydrogen-bond acceptors (Lipinski definition) is 1. The lowest BCUT2D eigenvalue weighted by atomic mass is 10.3. The topological polar surface area (TPSA) is 66.3 Å². The molecule has 0 radical (unpaired) electrons. The standard InChI is InChI=1S/C8H15N2.FH2O3P/c1-3-4-5-10-7-6-9(2)8-10;1-5(2,3)4/h6-8H,3-5H2,1-2H3;(H2,2,3,4)/q+1;. The number of aromatic nitrogens is 2. The van der Waals surface area contributed by atoms with E-state index >= 15 is 0 Å². The Balaban J connectivity index is 0.000000336. The van der Waals surface area contributed by atoms with Gasteiger partial charge < -0.3 is 0 Å². The van der Waals surface area contributed by atoms with Crippen molar-refractivity contribution in [3.63, 3.8) is 0 Å². The summed E-state index contributed by atoms with van der Waals surface area (Å²) in [6.07, 6.45) is 8.82. The Kier molecular flexibility index (Phi) is 6.40. The number of unbranched alkanes of at least 4 members (excludes halogenated alkanes) is 1. The average Bonchev–Trinajstić information content (AvgIpc) is 2.45. The number of aryl methyl sites for hydroxylation is 2. The highest BCUT2D eigenvalue weighted by molar-refractivity contribution is 7.45. The van der Waals surface area contributed by atoms with Gasteiger partial charge in [0.15, 0.2) is 0 Å². The molecule has 0 aliphatic carbocycles. The molecule has 15 heavy (non-hydrogen) atoms. The van der Waals surface area contributed by atoms with Crippen molar-refractivity contribution in [2.24, 2.45) is 7.05 Å². The molecule has 2 N–H and O–H groups in total. The molecular formula is C8H17FN2O3P+. The summed E-state index contributed by atoms with van der Waals surface area (Å²) in [5.74, 6) is 0. The first-order chi connectivity index (χ1) is 6.83. The van der Waals surface area contributed by atoms with Crippen LogP contribution in [0.25, 0.3) is 0 Å². The molecule has 0 aliphatic heterocycles. The predicted molar refractivity (Wildman–Crippen MR) is 53.7 cm³/mol. The second kappa shape index (κ2) is 6.71. The van der Waals surface area contributed by atoms with Crippen molar-refractivity contribution in [1.29, 1.82) is 0 Å². The number of halogens is 1. The van der Waals surface area contributed by atoms with E-state index in [-0.39, 0.29) is 0 Å². The zero-order chi connectivity index (χ0) is 11.9. The predicted octanol–water partition coefficient (Wildman–Crippen LogP) is 1.16. The number of rotatable bonds is 3. The molecule has 7 heteroatoms. The molecule has 0 aromatic carbocycles. The fourth-order valence-electron chi connectivity index (χ4n) is 0.975. The third-order valence-electron chi connectivity index (χ3n) is 1.59. The fraction of sp³-hybridized carbons (Fsp3) is 0.625. The van der Waals surface area contributed by atoms with Gasteiger partial charge in [0.1, 0.15) is 12.4 Å². The minimum atomic E-state index is -5.14. The normalized spacial score (nSPS) is 10.7. The summed E-state index contributed by atoms with van der Waals surface area (Å²) in [5, 5.41) is 0. The van der Waals surface area contributed by atoms with Crippen LogP contribution >= 0.6 is 7.91 Å². The third kappa shape index (κ3) is 11.2. The SMILES string of the molecule is CCCCn1cc[n+](C)c1.O=P(O)(O)F. The van der Waals surface area contributed by atoms with Crippen molar-refractivity contribution < 1.29 is 23.1 Å². The van der Waals surface area contributed by atoms with Crippen LogP contribution < -0.4 is 4.57 Å². The van der Waals surface area contributed by atoms with Gasteiger partial charge in [-0.3, -0.25) is 9.79 Å². The van der Waals surface area contributed by atoms with E-state index in [2.05, 4.69) is 34.8 Å². The maximum atomic E-state index is 10.4. The summed E-state index contributed by atoms with van der Waals surface area (Å²) in [6.45, 7) is 3.36. The number of hydrogen-bond donors (Lipinski definition) is 2. The van der Waals surface area contributed by atoms with Crippen LogP contribution in [0.1, 0.15) is 19.8 Å². The highest BCUT2D eigenvalue weighted by atomic mass is 31.2. The second-order valence-corrected chi connectivity index (χ2v) is 4.09. The van der Waals surface area contributed by atoms with E-state index < -0.39 is 7.91 Å². The summed E-state index contributed by atoms with van der Waals surface area (Å²) in [4.78, 5) is 13.9. The lowest BCUT2D eigenvalue weighted by Gasteiger charge is -1.90. The molecule has 1 rings (SSSR count). The van der Waals surface area contributed by atoms with Gasteiger partial charge in [-0.25, -0.2) is 13.7 Å². The van der Waals surface area contributed by atoms with E-state index in [9.17, 15) is 4.20 Å². The summed E-state index contributed by atoms with van der Waals surface area (Å²) in [6, 6.07) is 0. The first-order valence-electron chi connectivity index (χ1n) is 4.59. The molecule has 1 heterocycles. The second-order valence-electron chi connectivity index (χ2n) is 3.14. The number of nitrogens with zero attached hydrogens (tertiary/aromatic N) is 2. The summed E-state index contributed by atoms with van der Waals surface area (Å²) in [5.41, 5.74) is 0. The van der Waals surface area contributed by atoms with Crippen molar-refractivity contribution in [2.45, 2.75) is 26.3 Å². The minimum Gasteiger partial charge on any atom is -0.299 e. The van der Waals surface area contributed by atoms with Gasteiger partial charge in [0.25, 0.3) is 0 Å². The van der Waals surface area contributed by atoms with Gasteiger partial charge >= 0.3 is 7.91 Å². The molecule has 0 fully saturated rings. The molecule has 0 amide bonds. The van der Waals surface area contributed by atoms with Crippen molar-refractivity contribution in [2.75, 3.05) is 0 Å². The lowest BCUT2D eigenvalue weighted by molar-refractivity contribution is -0.671. The smallest absolute Gasteiger partial charge is 0.299 e. The zero-order valence-corrected chi connectivity index (χ0v) is 9.77.